The van der Waals surface area contributed by atoms with E-state index in [2.05, 4.69) is 15.6 Å². The number of hydrogen-bond acceptors (Lipinski definition) is 4. The van der Waals surface area contributed by atoms with E-state index < -0.39 is 0 Å². The number of aromatic nitrogens is 1. The Kier molecular flexibility index (Phi) is 4.61. The van der Waals surface area contributed by atoms with E-state index in [1.54, 1.807) is 48.9 Å². The lowest BCUT2D eigenvalue weighted by Gasteiger charge is -2.06. The molecule has 0 radical (unpaired) electrons. The van der Waals surface area contributed by atoms with Gasteiger partial charge in [-0.2, -0.15) is 0 Å². The summed E-state index contributed by atoms with van der Waals surface area (Å²) in [6.07, 6.45) is 7.60. The predicted octanol–water partition coefficient (Wildman–Crippen LogP) is 2.91. The summed E-state index contributed by atoms with van der Waals surface area (Å²) in [4.78, 5) is 15.8. The van der Waals surface area contributed by atoms with Crippen LogP contribution in [0, 0.1) is 5.41 Å². The first-order valence-electron chi connectivity index (χ1n) is 6.03. The van der Waals surface area contributed by atoms with Gasteiger partial charge in [-0.3, -0.25) is 9.78 Å². The van der Waals surface area contributed by atoms with Gasteiger partial charge in [-0.1, -0.05) is 0 Å². The summed E-state index contributed by atoms with van der Waals surface area (Å²) in [6, 6.07) is 10.6. The molecule has 0 saturated carbocycles. The third-order valence-electron chi connectivity index (χ3n) is 2.53. The fraction of sp³-hybridized carbons (Fsp3) is 0. The number of nitrogens with zero attached hydrogens (tertiary/aromatic N) is 1. The van der Waals surface area contributed by atoms with E-state index in [0.717, 1.165) is 5.69 Å². The van der Waals surface area contributed by atoms with E-state index in [4.69, 9.17) is 5.41 Å². The molecule has 20 heavy (non-hydrogen) atoms. The smallest absolute Gasteiger partial charge is 0.255 e. The van der Waals surface area contributed by atoms with Gasteiger partial charge in [0.25, 0.3) is 5.91 Å². The molecule has 0 bridgehead atoms. The fourth-order valence-corrected chi connectivity index (χ4v) is 1.55. The molecular formula is C15H14N4O. The molecule has 2 rings (SSSR count). The Bertz CT molecular complexity index is 606. The van der Waals surface area contributed by atoms with Gasteiger partial charge in [-0.15, -0.1) is 0 Å². The average Bonchev–Trinajstić information content (AvgIpc) is 2.50. The number of amides is 1. The summed E-state index contributed by atoms with van der Waals surface area (Å²) >= 11 is 0. The summed E-state index contributed by atoms with van der Waals surface area (Å²) < 4.78 is 0. The Morgan fingerprint density at radius 3 is 2.35 bits per heavy atom. The minimum atomic E-state index is -0.170. The predicted molar refractivity (Wildman–Crippen MR) is 80.2 cm³/mol. The molecule has 0 unspecified atom stereocenters. The molecule has 5 heteroatoms. The van der Waals surface area contributed by atoms with Crippen molar-refractivity contribution in [1.29, 1.82) is 5.41 Å². The van der Waals surface area contributed by atoms with Crippen molar-refractivity contribution in [3.8, 4) is 0 Å². The summed E-state index contributed by atoms with van der Waals surface area (Å²) in [5, 5.41) is 12.7. The van der Waals surface area contributed by atoms with Crippen molar-refractivity contribution in [3.63, 3.8) is 0 Å². The SMILES string of the molecule is N=C/C=C\Nc1ccc(NC(=O)c2ccncc2)cc1. The molecule has 0 aliphatic carbocycles. The number of pyridine rings is 1. The lowest BCUT2D eigenvalue weighted by Crippen LogP contribution is -2.11. The minimum Gasteiger partial charge on any atom is -0.362 e. The van der Waals surface area contributed by atoms with E-state index in [9.17, 15) is 4.79 Å². The summed E-state index contributed by atoms with van der Waals surface area (Å²) in [5.41, 5.74) is 2.16. The molecule has 100 valence electrons. The van der Waals surface area contributed by atoms with Crippen molar-refractivity contribution in [2.75, 3.05) is 10.6 Å². The molecular weight excluding hydrogens is 252 g/mol. The minimum absolute atomic E-state index is 0.170. The van der Waals surface area contributed by atoms with Crippen LogP contribution in [0.1, 0.15) is 10.4 Å². The van der Waals surface area contributed by atoms with Crippen LogP contribution in [0.4, 0.5) is 11.4 Å². The van der Waals surface area contributed by atoms with Crippen LogP contribution in [0.3, 0.4) is 0 Å². The van der Waals surface area contributed by atoms with Crippen LogP contribution >= 0.6 is 0 Å². The first-order valence-corrected chi connectivity index (χ1v) is 6.03. The molecule has 0 fully saturated rings. The first kappa shape index (κ1) is 13.5. The van der Waals surface area contributed by atoms with Crippen LogP contribution in [0.15, 0.2) is 61.1 Å². The van der Waals surface area contributed by atoms with Crippen molar-refractivity contribution in [1.82, 2.24) is 4.98 Å². The number of carbonyl (C=O) groups excluding carboxylic acids is 1. The van der Waals surface area contributed by atoms with Crippen LogP contribution in [0.25, 0.3) is 0 Å². The van der Waals surface area contributed by atoms with Crippen molar-refractivity contribution in [2.24, 2.45) is 0 Å². The average molecular weight is 266 g/mol. The van der Waals surface area contributed by atoms with Gasteiger partial charge < -0.3 is 16.0 Å². The highest BCUT2D eigenvalue weighted by Gasteiger charge is 2.04. The highest BCUT2D eigenvalue weighted by atomic mass is 16.1. The Labute approximate surface area is 116 Å². The molecule has 0 aliphatic heterocycles. The van der Waals surface area contributed by atoms with Gasteiger partial charge in [0, 0.05) is 41.7 Å². The van der Waals surface area contributed by atoms with Crippen LogP contribution < -0.4 is 10.6 Å². The number of hydrogen-bond donors (Lipinski definition) is 3. The standard InChI is InChI=1S/C15H14N4O/c16-8-1-9-18-13-2-4-14(5-3-13)19-15(20)12-6-10-17-11-7-12/h1-11,16,18H,(H,19,20)/b9-1-,16-8?. The molecule has 0 aliphatic rings. The van der Waals surface area contributed by atoms with E-state index in [-0.39, 0.29) is 5.91 Å². The normalized spacial score (nSPS) is 10.2. The topological polar surface area (TPSA) is 77.9 Å². The second-order valence-electron chi connectivity index (χ2n) is 3.94. The second-order valence-corrected chi connectivity index (χ2v) is 3.94. The second kappa shape index (κ2) is 6.84. The highest BCUT2D eigenvalue weighted by molar-refractivity contribution is 6.04. The molecule has 2 aromatic rings. The van der Waals surface area contributed by atoms with Crippen molar-refractivity contribution >= 4 is 23.5 Å². The number of carbonyl (C=O) groups is 1. The van der Waals surface area contributed by atoms with Crippen molar-refractivity contribution < 1.29 is 4.79 Å². The maximum Gasteiger partial charge on any atom is 0.255 e. The van der Waals surface area contributed by atoms with Crippen molar-refractivity contribution in [2.45, 2.75) is 0 Å². The van der Waals surface area contributed by atoms with Gasteiger partial charge in [0.1, 0.15) is 0 Å². The Balaban J connectivity index is 1.98. The van der Waals surface area contributed by atoms with Crippen LogP contribution in [-0.4, -0.2) is 17.1 Å². The molecule has 0 saturated heterocycles. The maximum absolute atomic E-state index is 11.9. The molecule has 1 heterocycles. The monoisotopic (exact) mass is 266 g/mol. The summed E-state index contributed by atoms with van der Waals surface area (Å²) in [6.45, 7) is 0. The van der Waals surface area contributed by atoms with E-state index in [1.807, 2.05) is 12.1 Å². The van der Waals surface area contributed by atoms with Gasteiger partial charge in [-0.25, -0.2) is 0 Å². The Morgan fingerprint density at radius 1 is 1.05 bits per heavy atom. The number of nitrogens with one attached hydrogen (secondary N) is 3. The lowest BCUT2D eigenvalue weighted by atomic mass is 10.2. The number of rotatable bonds is 5. The highest BCUT2D eigenvalue weighted by Crippen LogP contribution is 2.14. The molecule has 0 atom stereocenters. The van der Waals surface area contributed by atoms with Crippen LogP contribution in [0.5, 0.6) is 0 Å². The van der Waals surface area contributed by atoms with Crippen LogP contribution in [-0.2, 0) is 0 Å². The zero-order chi connectivity index (χ0) is 14.2. The lowest BCUT2D eigenvalue weighted by molar-refractivity contribution is 0.102. The van der Waals surface area contributed by atoms with Gasteiger partial charge in [0.05, 0.1) is 0 Å². The van der Waals surface area contributed by atoms with Gasteiger partial charge in [-0.05, 0) is 42.5 Å². The number of allylic oxidation sites excluding steroid dienone is 1. The molecule has 0 spiro atoms. The number of benzene rings is 1. The zero-order valence-electron chi connectivity index (χ0n) is 10.7. The quantitative estimate of drug-likeness (QED) is 0.728. The number of anilines is 2. The first-order chi connectivity index (χ1) is 9.79. The summed E-state index contributed by atoms with van der Waals surface area (Å²) in [5.74, 6) is -0.170. The largest absolute Gasteiger partial charge is 0.362 e. The fourth-order valence-electron chi connectivity index (χ4n) is 1.55. The Morgan fingerprint density at radius 2 is 1.70 bits per heavy atom. The molecule has 5 nitrogen and oxygen atoms in total. The molecule has 1 aromatic carbocycles. The van der Waals surface area contributed by atoms with Gasteiger partial charge in [0.2, 0.25) is 0 Å². The van der Waals surface area contributed by atoms with Crippen LogP contribution in [0.2, 0.25) is 0 Å². The van der Waals surface area contributed by atoms with E-state index in [1.165, 1.54) is 6.21 Å². The van der Waals surface area contributed by atoms with Gasteiger partial charge in [0.15, 0.2) is 0 Å². The van der Waals surface area contributed by atoms with Gasteiger partial charge >= 0.3 is 0 Å². The van der Waals surface area contributed by atoms with E-state index >= 15 is 0 Å². The zero-order valence-corrected chi connectivity index (χ0v) is 10.7. The summed E-state index contributed by atoms with van der Waals surface area (Å²) in [7, 11) is 0. The third kappa shape index (κ3) is 3.78. The third-order valence-corrected chi connectivity index (χ3v) is 2.53. The maximum atomic E-state index is 11.9. The Hall–Kier alpha value is -2.95. The van der Waals surface area contributed by atoms with Crippen molar-refractivity contribution in [3.05, 3.63) is 66.6 Å². The molecule has 1 amide bonds. The van der Waals surface area contributed by atoms with E-state index in [0.29, 0.717) is 11.3 Å². The molecule has 3 N–H and O–H groups in total. The molecule has 1 aromatic heterocycles.